The van der Waals surface area contributed by atoms with Gasteiger partial charge in [-0.1, -0.05) is 12.1 Å². The summed E-state index contributed by atoms with van der Waals surface area (Å²) < 4.78 is 59.6. The molecule has 0 radical (unpaired) electrons. The van der Waals surface area contributed by atoms with Gasteiger partial charge in [0.25, 0.3) is 0 Å². The molecule has 40 heavy (non-hydrogen) atoms. The second-order valence-electron chi connectivity index (χ2n) is 9.93. The number of anilines is 1. The molecular formula is C25H25F2N5O7S. The van der Waals surface area contributed by atoms with Crippen LogP contribution in [0.25, 0.3) is 11.0 Å². The van der Waals surface area contributed by atoms with Gasteiger partial charge in [0.15, 0.2) is 9.84 Å². The average molecular weight is 578 g/mol. The molecule has 15 heteroatoms. The predicted octanol–water partition coefficient (Wildman–Crippen LogP) is 2.63. The molecule has 0 unspecified atom stereocenters. The van der Waals surface area contributed by atoms with Crippen LogP contribution < -0.4 is 10.1 Å². The van der Waals surface area contributed by atoms with Crippen LogP contribution in [0.3, 0.4) is 0 Å². The van der Waals surface area contributed by atoms with Crippen LogP contribution in [0.1, 0.15) is 31.2 Å². The number of hydrogen-bond donors (Lipinski definition) is 2. The van der Waals surface area contributed by atoms with Gasteiger partial charge in [-0.3, -0.25) is 9.59 Å². The molecule has 1 aliphatic carbocycles. The van der Waals surface area contributed by atoms with Crippen molar-refractivity contribution in [3.8, 4) is 5.75 Å². The fraction of sp³-hybridized carbons (Fsp3) is 0.400. The maximum absolute atomic E-state index is 14.2. The molecule has 1 saturated heterocycles. The van der Waals surface area contributed by atoms with Gasteiger partial charge in [0.05, 0.1) is 30.0 Å². The summed E-state index contributed by atoms with van der Waals surface area (Å²) in [6, 6.07) is 7.63. The molecule has 5 rings (SSSR count). The molecule has 3 heterocycles. The van der Waals surface area contributed by atoms with Gasteiger partial charge in [-0.05, 0) is 42.7 Å². The number of rotatable bonds is 5. The van der Waals surface area contributed by atoms with Gasteiger partial charge in [0.2, 0.25) is 17.7 Å². The van der Waals surface area contributed by atoms with Crippen molar-refractivity contribution in [2.24, 2.45) is 0 Å². The van der Waals surface area contributed by atoms with Crippen LogP contribution in [0, 0.1) is 0 Å². The maximum Gasteiger partial charge on any atom is 0.432 e. The van der Waals surface area contributed by atoms with E-state index in [-0.39, 0.29) is 29.7 Å². The van der Waals surface area contributed by atoms with Gasteiger partial charge in [-0.2, -0.15) is 9.78 Å². The molecule has 1 saturated carbocycles. The minimum atomic E-state index is -3.87. The third kappa shape index (κ3) is 4.96. The number of amides is 2. The van der Waals surface area contributed by atoms with E-state index < -0.39 is 69.6 Å². The fourth-order valence-corrected chi connectivity index (χ4v) is 6.94. The lowest BCUT2D eigenvalue weighted by Gasteiger charge is -2.42. The molecule has 2 amide bonds. The summed E-state index contributed by atoms with van der Waals surface area (Å²) >= 11 is 0. The second kappa shape index (κ2) is 9.80. The third-order valence-corrected chi connectivity index (χ3v) is 8.93. The molecule has 1 aliphatic heterocycles. The molecule has 3 aromatic rings. The van der Waals surface area contributed by atoms with E-state index in [4.69, 9.17) is 4.74 Å². The highest BCUT2D eigenvalue weighted by Gasteiger charge is 2.54. The second-order valence-corrected chi connectivity index (χ2v) is 12.0. The quantitative estimate of drug-likeness (QED) is 0.464. The first-order valence-corrected chi connectivity index (χ1v) is 14.1. The van der Waals surface area contributed by atoms with Crippen LogP contribution in [0.2, 0.25) is 0 Å². The minimum absolute atomic E-state index is 0.0127. The number of methoxy groups -OCH3 is 1. The first-order valence-electron chi connectivity index (χ1n) is 12.3. The van der Waals surface area contributed by atoms with Gasteiger partial charge in [-0.15, -0.1) is 0 Å². The van der Waals surface area contributed by atoms with Gasteiger partial charge in [0.1, 0.15) is 29.0 Å². The number of carbonyl (C=O) groups is 3. The monoisotopic (exact) mass is 577 g/mol. The highest BCUT2D eigenvalue weighted by atomic mass is 32.2. The van der Waals surface area contributed by atoms with Crippen molar-refractivity contribution in [3.05, 3.63) is 48.2 Å². The smallest absolute Gasteiger partial charge is 0.432 e. The van der Waals surface area contributed by atoms with Gasteiger partial charge >= 0.3 is 6.09 Å². The Morgan fingerprint density at radius 2 is 1.75 bits per heavy atom. The van der Waals surface area contributed by atoms with Crippen molar-refractivity contribution in [1.29, 1.82) is 0 Å². The molecule has 0 spiro atoms. The first kappa shape index (κ1) is 27.4. The first-order chi connectivity index (χ1) is 18.8. The number of aromatic nitrogens is 3. The van der Waals surface area contributed by atoms with Crippen molar-refractivity contribution in [1.82, 2.24) is 19.7 Å². The highest BCUT2D eigenvalue weighted by Crippen LogP contribution is 2.47. The molecule has 12 nitrogen and oxygen atoms in total. The van der Waals surface area contributed by atoms with E-state index in [1.54, 1.807) is 24.3 Å². The minimum Gasteiger partial charge on any atom is -0.497 e. The van der Waals surface area contributed by atoms with Gasteiger partial charge < -0.3 is 20.1 Å². The van der Waals surface area contributed by atoms with Crippen LogP contribution in [-0.2, 0) is 24.8 Å². The number of nitrogens with one attached hydrogen (secondary N) is 1. The Kier molecular flexibility index (Phi) is 6.72. The molecule has 0 bridgehead atoms. The van der Waals surface area contributed by atoms with Crippen LogP contribution in [-0.4, -0.2) is 81.8 Å². The number of sulfone groups is 1. The van der Waals surface area contributed by atoms with E-state index in [2.05, 4.69) is 15.4 Å². The number of halogens is 2. The Labute approximate surface area is 226 Å². The van der Waals surface area contributed by atoms with Crippen molar-refractivity contribution >= 4 is 44.6 Å². The number of alkyl halides is 2. The molecule has 2 fully saturated rings. The molecule has 2 aliphatic rings. The number of ether oxygens (including phenoxy) is 1. The Morgan fingerprint density at radius 1 is 1.07 bits per heavy atom. The predicted molar refractivity (Wildman–Crippen MR) is 137 cm³/mol. The lowest BCUT2D eigenvalue weighted by molar-refractivity contribution is -0.146. The number of benzene rings is 1. The summed E-state index contributed by atoms with van der Waals surface area (Å²) in [4.78, 5) is 43.8. The molecule has 2 aromatic heterocycles. The molecule has 1 aromatic carbocycles. The third-order valence-electron chi connectivity index (χ3n) is 7.43. The number of fused-ring (bicyclic) bond motifs is 1. The summed E-state index contributed by atoms with van der Waals surface area (Å²) in [5.41, 5.74) is -0.704. The van der Waals surface area contributed by atoms with Crippen molar-refractivity contribution in [2.45, 2.75) is 43.1 Å². The highest BCUT2D eigenvalue weighted by molar-refractivity contribution is 7.91. The summed E-state index contributed by atoms with van der Waals surface area (Å²) in [7, 11) is -2.41. The number of carboxylic acid groups (broad SMARTS) is 1. The number of pyridine rings is 1. The molecule has 2 N–H and O–H groups in total. The molecule has 212 valence electrons. The van der Waals surface area contributed by atoms with E-state index in [0.29, 0.717) is 16.0 Å². The van der Waals surface area contributed by atoms with Gasteiger partial charge in [0, 0.05) is 12.8 Å². The Morgan fingerprint density at radius 3 is 2.38 bits per heavy atom. The molecular weight excluding hydrogens is 552 g/mol. The van der Waals surface area contributed by atoms with Crippen molar-refractivity contribution in [2.75, 3.05) is 24.1 Å². The van der Waals surface area contributed by atoms with Crippen LogP contribution in [0.15, 0.2) is 42.6 Å². The average Bonchev–Trinajstić information content (AvgIpc) is 3.49. The van der Waals surface area contributed by atoms with E-state index in [9.17, 15) is 36.7 Å². The zero-order chi connectivity index (χ0) is 28.9. The maximum atomic E-state index is 14.2. The number of nitrogens with zero attached hydrogens (tertiary/aromatic N) is 4. The summed E-state index contributed by atoms with van der Waals surface area (Å²) in [5, 5.41) is 15.4. The summed E-state index contributed by atoms with van der Waals surface area (Å²) in [6.07, 6.45) is -1.76. The Hall–Kier alpha value is -4.14. The normalized spacial score (nSPS) is 21.2. The van der Waals surface area contributed by atoms with Crippen molar-refractivity contribution < 1.29 is 41.4 Å². The Bertz CT molecular complexity index is 1600. The standard InChI is InChI=1S/C25H25F2N5O7S/c1-39-16-4-2-15(3-5-16)24(8-10-25(26,27)11-9-24)22(34)31-14-40(37,38)13-19(31)21(33)30-20-7-6-18-17(29-20)12-28-32(18)23(35)36/h2-7,12,19H,8-11,13-14H2,1H3,(H,35,36)(H,29,30,33)/t19-/m1/s1. The largest absolute Gasteiger partial charge is 0.497 e. The zero-order valence-electron chi connectivity index (χ0n) is 21.2. The van der Waals surface area contributed by atoms with Crippen LogP contribution in [0.4, 0.5) is 19.4 Å². The fourth-order valence-electron chi connectivity index (χ4n) is 5.30. The summed E-state index contributed by atoms with van der Waals surface area (Å²) in [5.74, 6) is -5.44. The van der Waals surface area contributed by atoms with E-state index in [1.165, 1.54) is 25.4 Å². The molecule has 1 atom stereocenters. The Balaban J connectivity index is 1.46. The topological polar surface area (TPSA) is 161 Å². The zero-order valence-corrected chi connectivity index (χ0v) is 22.0. The SMILES string of the molecule is COc1ccc(C2(C(=O)N3CS(=O)(=O)C[C@@H]3C(=O)Nc3ccc4c(cnn4C(=O)O)n3)CCC(F)(F)CC2)cc1. The lowest BCUT2D eigenvalue weighted by Crippen LogP contribution is -2.54. The summed E-state index contributed by atoms with van der Waals surface area (Å²) in [6.45, 7) is 0. The van der Waals surface area contributed by atoms with Crippen molar-refractivity contribution in [3.63, 3.8) is 0 Å². The van der Waals surface area contributed by atoms with E-state index in [1.807, 2.05) is 0 Å². The number of hydrogen-bond acceptors (Lipinski definition) is 8. The van der Waals surface area contributed by atoms with E-state index >= 15 is 0 Å². The van der Waals surface area contributed by atoms with Crippen LogP contribution >= 0.6 is 0 Å². The van der Waals surface area contributed by atoms with E-state index in [0.717, 1.165) is 4.90 Å². The van der Waals surface area contributed by atoms with Gasteiger partial charge in [-0.25, -0.2) is 27.0 Å². The number of carbonyl (C=O) groups excluding carboxylic acids is 2. The lowest BCUT2D eigenvalue weighted by atomic mass is 9.67. The van der Waals surface area contributed by atoms with Crippen LogP contribution in [0.5, 0.6) is 5.75 Å².